The van der Waals surface area contributed by atoms with Crippen molar-refractivity contribution in [1.82, 2.24) is 9.97 Å². The topological polar surface area (TPSA) is 75.2 Å². The molecule has 0 radical (unpaired) electrons. The lowest BCUT2D eigenvalue weighted by Gasteiger charge is -2.29. The second-order valence-corrected chi connectivity index (χ2v) is 6.74. The Hall–Kier alpha value is -3.54. The molecule has 1 aliphatic rings. The Kier molecular flexibility index (Phi) is 4.85. The van der Waals surface area contributed by atoms with Crippen molar-refractivity contribution in [2.75, 3.05) is 16.8 Å². The summed E-state index contributed by atoms with van der Waals surface area (Å²) in [4.78, 5) is 34.6. The van der Waals surface area contributed by atoms with Crippen molar-refractivity contribution in [3.63, 3.8) is 0 Å². The van der Waals surface area contributed by atoms with Gasteiger partial charge in [0.05, 0.1) is 5.56 Å². The van der Waals surface area contributed by atoms with Gasteiger partial charge in [-0.1, -0.05) is 18.2 Å². The van der Waals surface area contributed by atoms with Crippen LogP contribution < -0.4 is 10.2 Å². The summed E-state index contributed by atoms with van der Waals surface area (Å²) in [5, 5.41) is 3.07. The molecule has 3 aromatic rings. The number of para-hydroxylation sites is 1. The predicted octanol–water partition coefficient (Wildman–Crippen LogP) is 4.02. The average molecular weight is 372 g/mol. The summed E-state index contributed by atoms with van der Waals surface area (Å²) >= 11 is 0. The number of rotatable bonds is 4. The van der Waals surface area contributed by atoms with Crippen LogP contribution >= 0.6 is 0 Å². The van der Waals surface area contributed by atoms with E-state index in [4.69, 9.17) is 0 Å². The van der Waals surface area contributed by atoms with Crippen LogP contribution in [0.15, 0.2) is 60.9 Å². The van der Waals surface area contributed by atoms with Gasteiger partial charge in [-0.05, 0) is 55.7 Å². The first-order valence-electron chi connectivity index (χ1n) is 9.21. The molecule has 0 saturated carbocycles. The summed E-state index contributed by atoms with van der Waals surface area (Å²) in [5.41, 5.74) is 4.03. The highest BCUT2D eigenvalue weighted by atomic mass is 16.2. The van der Waals surface area contributed by atoms with Crippen LogP contribution in [0.1, 0.15) is 39.6 Å². The zero-order chi connectivity index (χ0) is 19.5. The molecule has 0 atom stereocenters. The van der Waals surface area contributed by atoms with Crippen LogP contribution in [-0.2, 0) is 6.42 Å². The molecule has 0 saturated heterocycles. The molecule has 140 valence electrons. The number of aryl methyl sites for hydroxylation is 1. The molecule has 0 unspecified atom stereocenters. The molecule has 6 nitrogen and oxygen atoms in total. The lowest BCUT2D eigenvalue weighted by Crippen LogP contribution is -2.35. The van der Waals surface area contributed by atoms with Crippen LogP contribution in [-0.4, -0.2) is 28.2 Å². The summed E-state index contributed by atoms with van der Waals surface area (Å²) < 4.78 is 0. The third-order valence-corrected chi connectivity index (χ3v) is 4.80. The molecule has 2 heterocycles. The molecule has 2 aromatic carbocycles. The van der Waals surface area contributed by atoms with Crippen LogP contribution in [0, 0.1) is 0 Å². The van der Waals surface area contributed by atoms with E-state index in [1.54, 1.807) is 41.6 Å². The number of nitrogens with zero attached hydrogens (tertiary/aromatic N) is 3. The lowest BCUT2D eigenvalue weighted by atomic mass is 10.0. The molecule has 1 N–H and O–H groups in total. The van der Waals surface area contributed by atoms with E-state index in [0.717, 1.165) is 24.2 Å². The molecule has 0 fully saturated rings. The Morgan fingerprint density at radius 1 is 0.964 bits per heavy atom. The minimum absolute atomic E-state index is 0.0185. The smallest absolute Gasteiger partial charge is 0.261 e. The van der Waals surface area contributed by atoms with Gasteiger partial charge in [0.25, 0.3) is 5.91 Å². The molecule has 6 heteroatoms. The highest BCUT2D eigenvalue weighted by Crippen LogP contribution is 2.28. The van der Waals surface area contributed by atoms with Crippen molar-refractivity contribution >= 4 is 29.0 Å². The molecule has 0 bridgehead atoms. The van der Waals surface area contributed by atoms with Crippen LogP contribution in [0.5, 0.6) is 0 Å². The Balaban J connectivity index is 1.49. The summed E-state index contributed by atoms with van der Waals surface area (Å²) in [6.45, 7) is 2.22. The Bertz CT molecular complexity index is 1010. The van der Waals surface area contributed by atoms with Crippen molar-refractivity contribution < 1.29 is 9.59 Å². The van der Waals surface area contributed by atoms with E-state index in [9.17, 15) is 9.59 Å². The maximum absolute atomic E-state index is 12.9. The number of hydrogen-bond donors (Lipinski definition) is 1. The van der Waals surface area contributed by atoms with E-state index in [-0.39, 0.29) is 11.7 Å². The van der Waals surface area contributed by atoms with Gasteiger partial charge in [-0.3, -0.25) is 9.59 Å². The minimum Gasteiger partial charge on any atom is -0.324 e. The quantitative estimate of drug-likeness (QED) is 0.700. The third kappa shape index (κ3) is 3.62. The summed E-state index contributed by atoms with van der Waals surface area (Å²) in [6.07, 6.45) is 5.01. The highest BCUT2D eigenvalue weighted by Gasteiger charge is 2.23. The standard InChI is InChI=1S/C22H20N4O2/c1-15(27)16-8-10-19(11-9-16)25-22-23-13-18(14-24-22)21(28)26-12-4-6-17-5-2-3-7-20(17)26/h2-3,5,7-11,13-14H,4,6,12H2,1H3,(H,23,24,25). The van der Waals surface area contributed by atoms with Gasteiger partial charge in [-0.2, -0.15) is 0 Å². The Labute approximate surface area is 163 Å². The number of fused-ring (bicyclic) bond motifs is 1. The van der Waals surface area contributed by atoms with Gasteiger partial charge in [0.15, 0.2) is 5.78 Å². The number of amides is 1. The van der Waals surface area contributed by atoms with Crippen molar-refractivity contribution in [1.29, 1.82) is 0 Å². The van der Waals surface area contributed by atoms with E-state index in [1.807, 2.05) is 18.2 Å². The van der Waals surface area contributed by atoms with Crippen LogP contribution in [0.25, 0.3) is 0 Å². The number of Topliss-reactive ketones (excluding diaryl/α,β-unsaturated/α-hetero) is 1. The van der Waals surface area contributed by atoms with Gasteiger partial charge in [0, 0.05) is 35.9 Å². The second kappa shape index (κ2) is 7.60. The maximum Gasteiger partial charge on any atom is 0.261 e. The summed E-state index contributed by atoms with van der Waals surface area (Å²) in [7, 11) is 0. The molecular weight excluding hydrogens is 352 g/mol. The first kappa shape index (κ1) is 17.9. The van der Waals surface area contributed by atoms with Gasteiger partial charge in [0.1, 0.15) is 0 Å². The fraction of sp³-hybridized carbons (Fsp3) is 0.182. The fourth-order valence-electron chi connectivity index (χ4n) is 3.32. The summed E-state index contributed by atoms with van der Waals surface area (Å²) in [6, 6.07) is 15.1. The first-order valence-corrected chi connectivity index (χ1v) is 9.21. The van der Waals surface area contributed by atoms with Crippen molar-refractivity contribution in [3.8, 4) is 0 Å². The predicted molar refractivity (Wildman–Crippen MR) is 108 cm³/mol. The summed E-state index contributed by atoms with van der Waals surface area (Å²) in [5.74, 6) is 0.320. The number of carbonyl (C=O) groups excluding carboxylic acids is 2. The van der Waals surface area contributed by atoms with E-state index >= 15 is 0 Å². The number of hydrogen-bond acceptors (Lipinski definition) is 5. The zero-order valence-corrected chi connectivity index (χ0v) is 15.6. The number of aromatic nitrogens is 2. The first-order chi connectivity index (χ1) is 13.6. The van der Waals surface area contributed by atoms with Gasteiger partial charge in [-0.15, -0.1) is 0 Å². The molecule has 1 amide bonds. The van der Waals surface area contributed by atoms with Gasteiger partial charge < -0.3 is 10.2 Å². The minimum atomic E-state index is -0.0930. The molecule has 28 heavy (non-hydrogen) atoms. The van der Waals surface area contributed by atoms with Gasteiger partial charge >= 0.3 is 0 Å². The van der Waals surface area contributed by atoms with Gasteiger partial charge in [-0.25, -0.2) is 9.97 Å². The molecule has 0 spiro atoms. The number of benzene rings is 2. The number of anilines is 3. The van der Waals surface area contributed by atoms with E-state index in [0.29, 0.717) is 23.6 Å². The zero-order valence-electron chi connectivity index (χ0n) is 15.6. The number of ketones is 1. The fourth-order valence-corrected chi connectivity index (χ4v) is 3.32. The van der Waals surface area contributed by atoms with E-state index in [2.05, 4.69) is 21.4 Å². The molecule has 0 aliphatic carbocycles. The van der Waals surface area contributed by atoms with Gasteiger partial charge in [0.2, 0.25) is 5.95 Å². The SMILES string of the molecule is CC(=O)c1ccc(Nc2ncc(C(=O)N3CCCc4ccccc43)cn2)cc1. The van der Waals surface area contributed by atoms with Crippen LogP contribution in [0.3, 0.4) is 0 Å². The normalized spacial score (nSPS) is 13.0. The van der Waals surface area contributed by atoms with Crippen LogP contribution in [0.4, 0.5) is 17.3 Å². The number of carbonyl (C=O) groups is 2. The molecule has 1 aromatic heterocycles. The van der Waals surface area contributed by atoms with Crippen molar-refractivity contribution in [2.45, 2.75) is 19.8 Å². The molecular formula is C22H20N4O2. The Morgan fingerprint density at radius 2 is 1.68 bits per heavy atom. The largest absolute Gasteiger partial charge is 0.324 e. The third-order valence-electron chi connectivity index (χ3n) is 4.80. The van der Waals surface area contributed by atoms with E-state index < -0.39 is 0 Å². The van der Waals surface area contributed by atoms with Crippen LogP contribution in [0.2, 0.25) is 0 Å². The Morgan fingerprint density at radius 3 is 2.39 bits per heavy atom. The number of nitrogens with one attached hydrogen (secondary N) is 1. The highest BCUT2D eigenvalue weighted by molar-refractivity contribution is 6.06. The van der Waals surface area contributed by atoms with Crippen molar-refractivity contribution in [3.05, 3.63) is 77.6 Å². The lowest BCUT2D eigenvalue weighted by molar-refractivity contribution is 0.0982. The van der Waals surface area contributed by atoms with Crippen molar-refractivity contribution in [2.24, 2.45) is 0 Å². The molecule has 1 aliphatic heterocycles. The molecule has 4 rings (SSSR count). The van der Waals surface area contributed by atoms with E-state index in [1.165, 1.54) is 12.5 Å². The average Bonchev–Trinajstić information content (AvgIpc) is 2.74. The maximum atomic E-state index is 12.9. The second-order valence-electron chi connectivity index (χ2n) is 6.74. The monoisotopic (exact) mass is 372 g/mol.